The van der Waals surface area contributed by atoms with Gasteiger partial charge in [-0.25, -0.2) is 6.08 Å². The van der Waals surface area contributed by atoms with Crippen molar-refractivity contribution in [1.82, 2.24) is 0 Å². The molecule has 0 radical (unpaired) electrons. The van der Waals surface area contributed by atoms with E-state index in [0.29, 0.717) is 11.3 Å². The van der Waals surface area contributed by atoms with Crippen LogP contribution in [0.3, 0.4) is 0 Å². The number of hydrogen-bond acceptors (Lipinski definition) is 0. The molecule has 0 spiro atoms. The van der Waals surface area contributed by atoms with Crippen molar-refractivity contribution in [2.45, 2.75) is 40.5 Å². The molecule has 0 fully saturated rings. The Morgan fingerprint density at radius 2 is 1.32 bits per heavy atom. The second kappa shape index (κ2) is 19.6. The summed E-state index contributed by atoms with van der Waals surface area (Å²) in [5.41, 5.74) is 11.8. The molecular weight excluding hydrogens is 737 g/mol. The molecule has 0 saturated carbocycles. The molecule has 0 bridgehead atoms. The molecule has 244 valence electrons. The minimum atomic E-state index is -0.623. The topological polar surface area (TPSA) is 0 Å². The van der Waals surface area contributed by atoms with Gasteiger partial charge in [0.1, 0.15) is 0 Å². The summed E-state index contributed by atoms with van der Waals surface area (Å²) in [5.74, 6) is 0.573. The van der Waals surface area contributed by atoms with Crippen molar-refractivity contribution in [3.8, 4) is 11.1 Å². The van der Waals surface area contributed by atoms with E-state index in [0.717, 1.165) is 22.0 Å². The molecule has 0 amide bonds. The van der Waals surface area contributed by atoms with E-state index in [9.17, 15) is 0 Å². The van der Waals surface area contributed by atoms with Crippen LogP contribution in [0.2, 0.25) is 10.0 Å². The van der Waals surface area contributed by atoms with Crippen LogP contribution in [0, 0.1) is 23.5 Å². The van der Waals surface area contributed by atoms with Gasteiger partial charge in [-0.05, 0) is 12.0 Å². The van der Waals surface area contributed by atoms with E-state index < -0.39 is 22.3 Å². The summed E-state index contributed by atoms with van der Waals surface area (Å²) < 4.78 is 4.66. The summed E-state index contributed by atoms with van der Waals surface area (Å²) in [6.45, 7) is 16.6. The van der Waals surface area contributed by atoms with Crippen molar-refractivity contribution in [1.29, 1.82) is 0 Å². The molecule has 0 heterocycles. The van der Waals surface area contributed by atoms with Gasteiger partial charge in [0.25, 0.3) is 0 Å². The van der Waals surface area contributed by atoms with Crippen LogP contribution in [0.25, 0.3) is 23.3 Å². The minimum absolute atomic E-state index is 0. The first-order valence-electron chi connectivity index (χ1n) is 15.3. The van der Waals surface area contributed by atoms with Crippen LogP contribution in [-0.2, 0) is 28.7 Å². The Hall–Kier alpha value is -2.38. The van der Waals surface area contributed by atoms with Crippen molar-refractivity contribution < 1.29 is 22.3 Å². The third kappa shape index (κ3) is 12.2. The van der Waals surface area contributed by atoms with Crippen molar-refractivity contribution in [3.63, 3.8) is 0 Å². The fraction of sp³-hybridized carbons (Fsp3) is 0.190. The summed E-state index contributed by atoms with van der Waals surface area (Å²) >= 11 is 11.0. The average molecular weight is 780 g/mol. The SMILES string of the molecule is C=Cc1c[c-]c2c(c1)-c1cc(C=C)ccc1C2.CCC1[C-]=CC(C(C)(C)C)=C1.Cl.Cl.Clc1ccc([CH]=[Zr]=[CH]c2ccc(Cl)cc2)cc1. The third-order valence-electron chi connectivity index (χ3n) is 7.69. The van der Waals surface area contributed by atoms with Crippen LogP contribution in [0.5, 0.6) is 0 Å². The summed E-state index contributed by atoms with van der Waals surface area (Å²) in [6.07, 6.45) is 13.7. The van der Waals surface area contributed by atoms with Gasteiger partial charge in [0.2, 0.25) is 0 Å². The van der Waals surface area contributed by atoms with Crippen LogP contribution in [0.1, 0.15) is 67.5 Å². The van der Waals surface area contributed by atoms with Crippen LogP contribution >= 0.6 is 48.0 Å². The van der Waals surface area contributed by atoms with E-state index in [4.69, 9.17) is 23.2 Å². The zero-order valence-electron chi connectivity index (χ0n) is 27.4. The molecule has 47 heavy (non-hydrogen) atoms. The fourth-order valence-corrected chi connectivity index (χ4v) is 7.28. The molecule has 2 aliphatic carbocycles. The zero-order chi connectivity index (χ0) is 32.4. The second-order valence-electron chi connectivity index (χ2n) is 12.1. The molecule has 0 nitrogen and oxygen atoms in total. The third-order valence-corrected chi connectivity index (χ3v) is 10.7. The Morgan fingerprint density at radius 1 is 0.787 bits per heavy atom. The summed E-state index contributed by atoms with van der Waals surface area (Å²) in [6, 6.07) is 30.0. The maximum atomic E-state index is 5.84. The van der Waals surface area contributed by atoms with E-state index in [1.807, 2.05) is 42.5 Å². The second-order valence-corrected chi connectivity index (χ2v) is 15.2. The van der Waals surface area contributed by atoms with Crippen molar-refractivity contribution in [2.24, 2.45) is 11.3 Å². The first kappa shape index (κ1) is 40.8. The molecule has 2 aliphatic rings. The number of allylic oxidation sites excluding steroid dienone is 4. The molecule has 1 atom stereocenters. The van der Waals surface area contributed by atoms with Crippen LogP contribution in [-0.4, -0.2) is 7.42 Å². The predicted octanol–water partition coefficient (Wildman–Crippen LogP) is 12.6. The van der Waals surface area contributed by atoms with E-state index >= 15 is 0 Å². The number of rotatable bonds is 5. The van der Waals surface area contributed by atoms with Crippen LogP contribution in [0.15, 0.2) is 110 Å². The van der Waals surface area contributed by atoms with Gasteiger partial charge in [0.15, 0.2) is 0 Å². The first-order valence-corrected chi connectivity index (χ1v) is 18.9. The molecule has 5 heteroatoms. The Morgan fingerprint density at radius 3 is 1.79 bits per heavy atom. The molecular formula is C42H42Cl4Zr-2. The average Bonchev–Trinajstić information content (AvgIpc) is 3.68. The van der Waals surface area contributed by atoms with Gasteiger partial charge < -0.3 is 0 Å². The van der Waals surface area contributed by atoms with Gasteiger partial charge >= 0.3 is 123 Å². The molecule has 0 aromatic heterocycles. The van der Waals surface area contributed by atoms with Gasteiger partial charge in [-0.2, -0.15) is 35.4 Å². The Labute approximate surface area is 315 Å². The molecule has 4 aromatic carbocycles. The molecule has 4 aromatic rings. The molecule has 1 unspecified atom stereocenters. The van der Waals surface area contributed by atoms with E-state index in [1.165, 1.54) is 50.9 Å². The number of hydrogen-bond donors (Lipinski definition) is 0. The zero-order valence-corrected chi connectivity index (χ0v) is 33.1. The molecule has 0 N–H and O–H groups in total. The van der Waals surface area contributed by atoms with Gasteiger partial charge in [0.05, 0.1) is 0 Å². The summed E-state index contributed by atoms with van der Waals surface area (Å²) in [5, 5.41) is 1.57. The molecule has 6 rings (SSSR count). The van der Waals surface area contributed by atoms with Crippen molar-refractivity contribution in [3.05, 3.63) is 165 Å². The Kier molecular flexibility index (Phi) is 17.0. The number of benzene rings is 4. The monoisotopic (exact) mass is 776 g/mol. The van der Waals surface area contributed by atoms with Crippen molar-refractivity contribution >= 4 is 67.6 Å². The quantitative estimate of drug-likeness (QED) is 0.156. The maximum absolute atomic E-state index is 5.84. The predicted molar refractivity (Wildman–Crippen MR) is 211 cm³/mol. The van der Waals surface area contributed by atoms with Gasteiger partial charge in [-0.3, -0.25) is 6.08 Å². The number of fused-ring (bicyclic) bond motifs is 3. The Bertz CT molecular complexity index is 1660. The normalized spacial score (nSPS) is 13.3. The van der Waals surface area contributed by atoms with E-state index in [2.05, 4.69) is 121 Å². The molecule has 0 aliphatic heterocycles. The van der Waals surface area contributed by atoms with Crippen LogP contribution < -0.4 is 0 Å². The Balaban J connectivity index is 0.000000246. The van der Waals surface area contributed by atoms with Crippen molar-refractivity contribution in [2.75, 3.05) is 0 Å². The van der Waals surface area contributed by atoms with Gasteiger partial charge in [0, 0.05) is 0 Å². The summed E-state index contributed by atoms with van der Waals surface area (Å²) in [7, 11) is 0. The summed E-state index contributed by atoms with van der Waals surface area (Å²) in [4.78, 5) is 0. The van der Waals surface area contributed by atoms with Gasteiger partial charge in [-0.15, -0.1) is 48.6 Å². The standard InChI is InChI=1S/C17H13.C11H17.2C7H5Cl.2ClH.Zr/c1-3-12-5-7-14-11-15-8-6-13(4-2)10-17(15)16(14)9-12;1-5-9-6-7-10(8-9)11(2,3)4;2*1-6-2-4-7(8)5-3-6;;;/h3-7,9-10H,1-2,11H2;7-9H,5H2,1-4H3;2*1-5H;2*1H;/q2*-1;;;;;. The van der Waals surface area contributed by atoms with Gasteiger partial charge in [-0.1, -0.05) is 87.4 Å². The number of halogens is 4. The van der Waals surface area contributed by atoms with Crippen LogP contribution in [0.4, 0.5) is 0 Å². The van der Waals surface area contributed by atoms with E-state index in [-0.39, 0.29) is 24.8 Å². The fourth-order valence-electron chi connectivity index (χ4n) is 4.93. The van der Waals surface area contributed by atoms with E-state index in [1.54, 1.807) is 0 Å². The first-order chi connectivity index (χ1) is 21.6. The molecule has 0 saturated heterocycles.